The highest BCUT2D eigenvalue weighted by molar-refractivity contribution is 5.77. The first-order chi connectivity index (χ1) is 7.85. The summed E-state index contributed by atoms with van der Waals surface area (Å²) in [4.78, 5) is 10.4. The molecule has 0 amide bonds. The van der Waals surface area contributed by atoms with Crippen LogP contribution in [0.15, 0.2) is 48.5 Å². The SMILES string of the molecule is NCc1ccccc1-c1ccc([C]=O)cc1. The molecule has 0 aliphatic rings. The molecule has 16 heavy (non-hydrogen) atoms. The summed E-state index contributed by atoms with van der Waals surface area (Å²) in [5.74, 6) is 0. The standard InChI is InChI=1S/C14H12NO/c15-9-13-3-1-2-4-14(13)12-7-5-11(10-16)6-8-12/h1-8H,9,15H2. The normalized spacial score (nSPS) is 10.1. The Morgan fingerprint density at radius 1 is 1.00 bits per heavy atom. The van der Waals surface area contributed by atoms with Gasteiger partial charge in [0.05, 0.1) is 0 Å². The molecule has 1 radical (unpaired) electrons. The molecule has 0 aromatic heterocycles. The minimum atomic E-state index is 0.512. The van der Waals surface area contributed by atoms with E-state index in [2.05, 4.69) is 0 Å². The molecule has 0 saturated heterocycles. The lowest BCUT2D eigenvalue weighted by Gasteiger charge is -2.07. The Kier molecular flexibility index (Phi) is 3.13. The third kappa shape index (κ3) is 2.02. The van der Waals surface area contributed by atoms with E-state index in [9.17, 15) is 4.79 Å². The van der Waals surface area contributed by atoms with Gasteiger partial charge >= 0.3 is 0 Å². The van der Waals surface area contributed by atoms with Gasteiger partial charge in [-0.15, -0.1) is 0 Å². The molecule has 0 aliphatic heterocycles. The lowest BCUT2D eigenvalue weighted by molar-refractivity contribution is 0.563. The van der Waals surface area contributed by atoms with Crippen molar-refractivity contribution in [1.29, 1.82) is 0 Å². The fraction of sp³-hybridized carbons (Fsp3) is 0.0714. The van der Waals surface area contributed by atoms with E-state index in [4.69, 9.17) is 5.73 Å². The third-order valence-corrected chi connectivity index (χ3v) is 2.55. The van der Waals surface area contributed by atoms with E-state index in [-0.39, 0.29) is 0 Å². The van der Waals surface area contributed by atoms with Crippen molar-refractivity contribution in [3.05, 3.63) is 59.7 Å². The second-order valence-electron chi connectivity index (χ2n) is 3.54. The van der Waals surface area contributed by atoms with E-state index in [1.165, 1.54) is 0 Å². The van der Waals surface area contributed by atoms with E-state index in [0.717, 1.165) is 16.7 Å². The second kappa shape index (κ2) is 4.73. The van der Waals surface area contributed by atoms with Crippen molar-refractivity contribution in [2.24, 2.45) is 5.73 Å². The predicted molar refractivity (Wildman–Crippen MR) is 64.6 cm³/mol. The molecular formula is C14H12NO. The maximum absolute atomic E-state index is 10.4. The Morgan fingerprint density at radius 3 is 2.31 bits per heavy atom. The molecule has 0 heterocycles. The van der Waals surface area contributed by atoms with Gasteiger partial charge in [0, 0.05) is 12.1 Å². The molecule has 0 saturated carbocycles. The zero-order valence-electron chi connectivity index (χ0n) is 8.81. The van der Waals surface area contributed by atoms with Crippen LogP contribution in [0, 0.1) is 0 Å². The quantitative estimate of drug-likeness (QED) is 0.844. The number of benzene rings is 2. The van der Waals surface area contributed by atoms with Crippen molar-refractivity contribution in [2.45, 2.75) is 6.54 Å². The fourth-order valence-electron chi connectivity index (χ4n) is 1.70. The van der Waals surface area contributed by atoms with Gasteiger partial charge in [0.1, 0.15) is 0 Å². The largest absolute Gasteiger partial charge is 0.326 e. The zero-order valence-corrected chi connectivity index (χ0v) is 8.81. The topological polar surface area (TPSA) is 43.1 Å². The maximum Gasteiger partial charge on any atom is 0.233 e. The van der Waals surface area contributed by atoms with Crippen LogP contribution in [0.25, 0.3) is 11.1 Å². The van der Waals surface area contributed by atoms with Gasteiger partial charge in [-0.1, -0.05) is 48.5 Å². The number of hydrogen-bond acceptors (Lipinski definition) is 2. The van der Waals surface area contributed by atoms with Gasteiger partial charge in [-0.2, -0.15) is 0 Å². The van der Waals surface area contributed by atoms with Crippen molar-refractivity contribution >= 4 is 6.29 Å². The van der Waals surface area contributed by atoms with E-state index >= 15 is 0 Å². The molecule has 0 aliphatic carbocycles. The lowest BCUT2D eigenvalue weighted by atomic mass is 9.99. The summed E-state index contributed by atoms with van der Waals surface area (Å²) >= 11 is 0. The Morgan fingerprint density at radius 2 is 1.69 bits per heavy atom. The molecule has 79 valence electrons. The molecule has 0 unspecified atom stereocenters. The van der Waals surface area contributed by atoms with Crippen LogP contribution in [0.1, 0.15) is 11.1 Å². The molecule has 2 N–H and O–H groups in total. The average molecular weight is 210 g/mol. The first-order valence-corrected chi connectivity index (χ1v) is 5.11. The van der Waals surface area contributed by atoms with Crippen LogP contribution < -0.4 is 5.73 Å². The Balaban J connectivity index is 2.45. The molecule has 0 bridgehead atoms. The highest BCUT2D eigenvalue weighted by Gasteiger charge is 2.02. The molecule has 2 heteroatoms. The molecule has 0 spiro atoms. The summed E-state index contributed by atoms with van der Waals surface area (Å²) in [6, 6.07) is 15.3. The van der Waals surface area contributed by atoms with Crippen LogP contribution in [0.2, 0.25) is 0 Å². The van der Waals surface area contributed by atoms with Crippen LogP contribution >= 0.6 is 0 Å². The van der Waals surface area contributed by atoms with Crippen LogP contribution in [-0.2, 0) is 11.3 Å². The monoisotopic (exact) mass is 210 g/mol. The number of nitrogens with two attached hydrogens (primary N) is 1. The molecule has 0 atom stereocenters. The van der Waals surface area contributed by atoms with E-state index in [1.807, 2.05) is 42.7 Å². The first kappa shape index (κ1) is 10.6. The highest BCUT2D eigenvalue weighted by Crippen LogP contribution is 2.23. The zero-order chi connectivity index (χ0) is 11.4. The molecule has 2 aromatic carbocycles. The van der Waals surface area contributed by atoms with Gasteiger partial charge in [-0.05, 0) is 16.7 Å². The lowest BCUT2D eigenvalue weighted by Crippen LogP contribution is -1.98. The Labute approximate surface area is 94.7 Å². The molecule has 2 rings (SSSR count). The average Bonchev–Trinajstić information content (AvgIpc) is 2.39. The molecule has 2 aromatic rings. The number of rotatable bonds is 3. The minimum absolute atomic E-state index is 0.512. The summed E-state index contributed by atoms with van der Waals surface area (Å²) < 4.78 is 0. The van der Waals surface area contributed by atoms with Crippen LogP contribution in [0.4, 0.5) is 0 Å². The highest BCUT2D eigenvalue weighted by atomic mass is 16.1. The van der Waals surface area contributed by atoms with Gasteiger partial charge in [0.15, 0.2) is 0 Å². The van der Waals surface area contributed by atoms with Crippen molar-refractivity contribution in [1.82, 2.24) is 0 Å². The Hall–Kier alpha value is -1.93. The van der Waals surface area contributed by atoms with Gasteiger partial charge < -0.3 is 5.73 Å². The maximum atomic E-state index is 10.4. The smallest absolute Gasteiger partial charge is 0.233 e. The van der Waals surface area contributed by atoms with Crippen molar-refractivity contribution in [3.8, 4) is 11.1 Å². The molecule has 0 fully saturated rings. The van der Waals surface area contributed by atoms with E-state index < -0.39 is 0 Å². The van der Waals surface area contributed by atoms with E-state index in [0.29, 0.717) is 12.1 Å². The van der Waals surface area contributed by atoms with Crippen LogP contribution in [-0.4, -0.2) is 6.29 Å². The minimum Gasteiger partial charge on any atom is -0.326 e. The van der Waals surface area contributed by atoms with Crippen molar-refractivity contribution in [2.75, 3.05) is 0 Å². The number of hydrogen-bond donors (Lipinski definition) is 1. The third-order valence-electron chi connectivity index (χ3n) is 2.55. The summed E-state index contributed by atoms with van der Waals surface area (Å²) in [5, 5.41) is 0. The Bertz CT molecular complexity index is 488. The number of carbonyl (C=O) groups excluding carboxylic acids is 1. The fourth-order valence-corrected chi connectivity index (χ4v) is 1.70. The summed E-state index contributed by atoms with van der Waals surface area (Å²) in [6.07, 6.45) is 1.86. The van der Waals surface area contributed by atoms with Gasteiger partial charge in [0.25, 0.3) is 0 Å². The summed E-state index contributed by atoms with van der Waals surface area (Å²) in [6.45, 7) is 0.512. The molecule has 2 nitrogen and oxygen atoms in total. The summed E-state index contributed by atoms with van der Waals surface area (Å²) in [7, 11) is 0. The van der Waals surface area contributed by atoms with Gasteiger partial charge in [-0.25, -0.2) is 0 Å². The van der Waals surface area contributed by atoms with Crippen molar-refractivity contribution < 1.29 is 4.79 Å². The second-order valence-corrected chi connectivity index (χ2v) is 3.54. The van der Waals surface area contributed by atoms with Gasteiger partial charge in [0.2, 0.25) is 6.29 Å². The van der Waals surface area contributed by atoms with Crippen LogP contribution in [0.5, 0.6) is 0 Å². The van der Waals surface area contributed by atoms with Gasteiger partial charge in [-0.3, -0.25) is 4.79 Å². The van der Waals surface area contributed by atoms with E-state index in [1.54, 1.807) is 12.1 Å². The van der Waals surface area contributed by atoms with Crippen LogP contribution in [0.3, 0.4) is 0 Å². The first-order valence-electron chi connectivity index (χ1n) is 5.11. The van der Waals surface area contributed by atoms with Crippen molar-refractivity contribution in [3.63, 3.8) is 0 Å². The predicted octanol–water partition coefficient (Wildman–Crippen LogP) is 2.27. The summed E-state index contributed by atoms with van der Waals surface area (Å²) in [5.41, 5.74) is 9.53. The molecular weight excluding hydrogens is 198 g/mol.